The van der Waals surface area contributed by atoms with Crippen LogP contribution in [0.15, 0.2) is 24.3 Å². The molecule has 0 aliphatic rings. The Kier molecular flexibility index (Phi) is 8.72. The van der Waals surface area contributed by atoms with E-state index in [9.17, 15) is 14.4 Å². The van der Waals surface area contributed by atoms with Gasteiger partial charge in [0.1, 0.15) is 6.04 Å². The van der Waals surface area contributed by atoms with E-state index in [4.69, 9.17) is 22.5 Å². The van der Waals surface area contributed by atoms with Gasteiger partial charge in [-0.05, 0) is 42.4 Å². The monoisotopic (exact) mass is 397 g/mol. The zero-order valence-electron chi connectivity index (χ0n) is 15.9. The largest absolute Gasteiger partial charge is 0.368 e. The minimum atomic E-state index is -0.860. The van der Waals surface area contributed by atoms with Crippen LogP contribution in [0.5, 0.6) is 0 Å². The van der Waals surface area contributed by atoms with Gasteiger partial charge < -0.3 is 11.1 Å². The maximum atomic E-state index is 12.6. The standard InChI is InChI=1S/C19H28ClN3O4/c1-19(2,3)16(17(21)25)22-18(26)13(11-15(24)23-27)6-4-5-12-7-9-14(20)10-8-12/h7-10,13,16,27H,4-6,11H2,1-3H3,(H2,21,25)(H,22,26)(H,23,24). The lowest BCUT2D eigenvalue weighted by Gasteiger charge is -2.30. The second-order valence-corrected chi connectivity index (χ2v) is 8.10. The highest BCUT2D eigenvalue weighted by molar-refractivity contribution is 6.30. The summed E-state index contributed by atoms with van der Waals surface area (Å²) in [4.78, 5) is 35.9. The van der Waals surface area contributed by atoms with Crippen LogP contribution in [0, 0.1) is 11.3 Å². The van der Waals surface area contributed by atoms with E-state index in [0.29, 0.717) is 24.3 Å². The number of primary amides is 1. The molecule has 0 aromatic heterocycles. The van der Waals surface area contributed by atoms with E-state index < -0.39 is 35.1 Å². The van der Waals surface area contributed by atoms with Crippen molar-refractivity contribution in [3.63, 3.8) is 0 Å². The Balaban J connectivity index is 2.76. The highest BCUT2D eigenvalue weighted by Crippen LogP contribution is 2.21. The van der Waals surface area contributed by atoms with Crippen molar-refractivity contribution >= 4 is 29.3 Å². The Hall–Kier alpha value is -2.12. The lowest BCUT2D eigenvalue weighted by atomic mass is 9.85. The smallest absolute Gasteiger partial charge is 0.244 e. The van der Waals surface area contributed by atoms with Gasteiger partial charge in [-0.15, -0.1) is 0 Å². The molecule has 0 saturated carbocycles. The normalized spacial score (nSPS) is 13.5. The summed E-state index contributed by atoms with van der Waals surface area (Å²) in [5.41, 5.74) is 7.45. The van der Waals surface area contributed by atoms with E-state index in [0.717, 1.165) is 5.56 Å². The Labute approximate surface area is 164 Å². The van der Waals surface area contributed by atoms with Crippen molar-refractivity contribution in [1.82, 2.24) is 10.8 Å². The van der Waals surface area contributed by atoms with Crippen LogP contribution in [0.1, 0.15) is 45.6 Å². The zero-order valence-corrected chi connectivity index (χ0v) is 16.7. The van der Waals surface area contributed by atoms with Crippen LogP contribution in [0.4, 0.5) is 0 Å². The number of hydrogen-bond donors (Lipinski definition) is 4. The summed E-state index contributed by atoms with van der Waals surface area (Å²) >= 11 is 5.86. The molecule has 2 atom stereocenters. The van der Waals surface area contributed by atoms with E-state index in [2.05, 4.69) is 5.32 Å². The summed E-state index contributed by atoms with van der Waals surface area (Å²) in [6.07, 6.45) is 1.59. The summed E-state index contributed by atoms with van der Waals surface area (Å²) < 4.78 is 0. The molecule has 0 saturated heterocycles. The van der Waals surface area contributed by atoms with Crippen molar-refractivity contribution in [2.75, 3.05) is 0 Å². The van der Waals surface area contributed by atoms with E-state index in [1.54, 1.807) is 38.4 Å². The Morgan fingerprint density at radius 1 is 1.19 bits per heavy atom. The third-order valence-corrected chi connectivity index (χ3v) is 4.55. The SMILES string of the molecule is CC(C)(C)C(NC(=O)C(CCCc1ccc(Cl)cc1)CC(=O)NO)C(N)=O. The molecular formula is C19H28ClN3O4. The van der Waals surface area contributed by atoms with Crippen molar-refractivity contribution in [3.8, 4) is 0 Å². The van der Waals surface area contributed by atoms with Crippen molar-refractivity contribution in [1.29, 1.82) is 0 Å². The highest BCUT2D eigenvalue weighted by atomic mass is 35.5. The third kappa shape index (κ3) is 7.97. The molecule has 0 fully saturated rings. The fourth-order valence-electron chi connectivity index (χ4n) is 2.77. The van der Waals surface area contributed by atoms with Crippen LogP contribution in [0.25, 0.3) is 0 Å². The molecule has 27 heavy (non-hydrogen) atoms. The molecule has 0 heterocycles. The quantitative estimate of drug-likeness (QED) is 0.377. The molecule has 1 aromatic rings. The highest BCUT2D eigenvalue weighted by Gasteiger charge is 2.33. The van der Waals surface area contributed by atoms with Crippen LogP contribution in [0.3, 0.4) is 0 Å². The van der Waals surface area contributed by atoms with Gasteiger partial charge in [0.05, 0.1) is 0 Å². The number of benzene rings is 1. The van der Waals surface area contributed by atoms with Crippen LogP contribution in [0.2, 0.25) is 5.02 Å². The Morgan fingerprint density at radius 3 is 2.26 bits per heavy atom. The molecule has 0 aliphatic carbocycles. The van der Waals surface area contributed by atoms with Crippen LogP contribution in [-0.2, 0) is 20.8 Å². The molecule has 0 aliphatic heterocycles. The number of nitrogens with one attached hydrogen (secondary N) is 2. The third-order valence-electron chi connectivity index (χ3n) is 4.30. The van der Waals surface area contributed by atoms with Crippen LogP contribution >= 0.6 is 11.6 Å². The molecule has 3 amide bonds. The van der Waals surface area contributed by atoms with Gasteiger partial charge in [0, 0.05) is 17.4 Å². The van der Waals surface area contributed by atoms with Gasteiger partial charge in [0.25, 0.3) is 0 Å². The first kappa shape index (κ1) is 22.9. The van der Waals surface area contributed by atoms with Crippen molar-refractivity contribution in [2.45, 2.75) is 52.5 Å². The maximum Gasteiger partial charge on any atom is 0.244 e. The van der Waals surface area contributed by atoms with Crippen LogP contribution in [-0.4, -0.2) is 29.0 Å². The molecule has 7 nitrogen and oxygen atoms in total. The van der Waals surface area contributed by atoms with Gasteiger partial charge in [-0.25, -0.2) is 5.48 Å². The molecule has 2 unspecified atom stereocenters. The summed E-state index contributed by atoms with van der Waals surface area (Å²) in [6.45, 7) is 5.37. The minimum Gasteiger partial charge on any atom is -0.368 e. The number of amides is 3. The van der Waals surface area contributed by atoms with Gasteiger partial charge in [-0.2, -0.15) is 0 Å². The minimum absolute atomic E-state index is 0.182. The first-order valence-electron chi connectivity index (χ1n) is 8.81. The number of carbonyl (C=O) groups excluding carboxylic acids is 3. The summed E-state index contributed by atoms with van der Waals surface area (Å²) in [5, 5.41) is 12.1. The number of nitrogens with two attached hydrogens (primary N) is 1. The molecule has 0 spiro atoms. The molecule has 1 rings (SSSR count). The summed E-state index contributed by atoms with van der Waals surface area (Å²) in [6, 6.07) is 6.53. The molecule has 5 N–H and O–H groups in total. The van der Waals surface area contributed by atoms with E-state index in [-0.39, 0.29) is 6.42 Å². The average Bonchev–Trinajstić information content (AvgIpc) is 2.58. The fraction of sp³-hybridized carbons (Fsp3) is 0.526. The molecule has 0 radical (unpaired) electrons. The number of hydrogen-bond acceptors (Lipinski definition) is 4. The van der Waals surface area contributed by atoms with Gasteiger partial charge in [-0.3, -0.25) is 19.6 Å². The average molecular weight is 398 g/mol. The number of rotatable bonds is 9. The second-order valence-electron chi connectivity index (χ2n) is 7.66. The number of hydroxylamine groups is 1. The van der Waals surface area contributed by atoms with Gasteiger partial charge in [-0.1, -0.05) is 44.5 Å². The molecule has 1 aromatic carbocycles. The summed E-state index contributed by atoms with van der Waals surface area (Å²) in [5.74, 6) is -2.42. The topological polar surface area (TPSA) is 122 Å². The van der Waals surface area contributed by atoms with E-state index in [1.165, 1.54) is 0 Å². The zero-order chi connectivity index (χ0) is 20.6. The maximum absolute atomic E-state index is 12.6. The van der Waals surface area contributed by atoms with E-state index >= 15 is 0 Å². The van der Waals surface area contributed by atoms with Crippen molar-refractivity contribution in [2.24, 2.45) is 17.1 Å². The predicted molar refractivity (Wildman–Crippen MR) is 103 cm³/mol. The van der Waals surface area contributed by atoms with Crippen LogP contribution < -0.4 is 16.5 Å². The fourth-order valence-corrected chi connectivity index (χ4v) is 2.90. The number of carbonyl (C=O) groups is 3. The number of halogens is 1. The van der Waals surface area contributed by atoms with Gasteiger partial charge in [0.2, 0.25) is 17.7 Å². The molecule has 0 bridgehead atoms. The molecular weight excluding hydrogens is 370 g/mol. The first-order chi connectivity index (χ1) is 12.5. The first-order valence-corrected chi connectivity index (χ1v) is 9.19. The van der Waals surface area contributed by atoms with E-state index in [1.807, 2.05) is 12.1 Å². The van der Waals surface area contributed by atoms with Crippen molar-refractivity contribution in [3.05, 3.63) is 34.9 Å². The summed E-state index contributed by atoms with van der Waals surface area (Å²) in [7, 11) is 0. The number of aryl methyl sites for hydroxylation is 1. The Bertz CT molecular complexity index is 656. The Morgan fingerprint density at radius 2 is 1.78 bits per heavy atom. The second kappa shape index (κ2) is 10.3. The lowest BCUT2D eigenvalue weighted by Crippen LogP contribution is -2.53. The molecule has 8 heteroatoms. The van der Waals surface area contributed by atoms with Gasteiger partial charge in [0.15, 0.2) is 0 Å². The lowest BCUT2D eigenvalue weighted by molar-refractivity contribution is -0.136. The predicted octanol–water partition coefficient (Wildman–Crippen LogP) is 2.19. The van der Waals surface area contributed by atoms with Gasteiger partial charge >= 0.3 is 0 Å². The van der Waals surface area contributed by atoms with Crippen molar-refractivity contribution < 1.29 is 19.6 Å². The molecule has 150 valence electrons.